The summed E-state index contributed by atoms with van der Waals surface area (Å²) in [7, 11) is 2.70. The summed E-state index contributed by atoms with van der Waals surface area (Å²) in [5.41, 5.74) is -1.37. The number of rotatable bonds is 8. The summed E-state index contributed by atoms with van der Waals surface area (Å²) < 4.78 is 35.4. The molecule has 1 aromatic heterocycles. The van der Waals surface area contributed by atoms with Gasteiger partial charge in [-0.1, -0.05) is 0 Å². The molecule has 14 nitrogen and oxygen atoms in total. The molecule has 2 aliphatic rings. The van der Waals surface area contributed by atoms with E-state index < -0.39 is 78.2 Å². The molecule has 0 amide bonds. The maximum absolute atomic E-state index is 13.5. The molecule has 0 aromatic carbocycles. The van der Waals surface area contributed by atoms with Crippen molar-refractivity contribution in [2.45, 2.75) is 71.1 Å². The minimum Gasteiger partial charge on any atom is -0.462 e. The molecule has 38 heavy (non-hydrogen) atoms. The summed E-state index contributed by atoms with van der Waals surface area (Å²) in [4.78, 5) is 74.3. The van der Waals surface area contributed by atoms with Gasteiger partial charge in [-0.3, -0.25) is 33.1 Å². The van der Waals surface area contributed by atoms with Crippen molar-refractivity contribution in [3.05, 3.63) is 26.4 Å². The van der Waals surface area contributed by atoms with Gasteiger partial charge in [0.2, 0.25) is 12.2 Å². The second kappa shape index (κ2) is 11.8. The van der Waals surface area contributed by atoms with Crippen molar-refractivity contribution < 1.29 is 47.6 Å². The molecule has 6 atom stereocenters. The lowest BCUT2D eigenvalue weighted by atomic mass is 9.75. The average Bonchev–Trinajstić information content (AvgIpc) is 2.84. The highest BCUT2D eigenvalue weighted by molar-refractivity contribution is 5.69. The molecule has 0 saturated carbocycles. The van der Waals surface area contributed by atoms with Gasteiger partial charge in [0.25, 0.3) is 5.56 Å². The van der Waals surface area contributed by atoms with Crippen LogP contribution < -0.4 is 16.0 Å². The van der Waals surface area contributed by atoms with Crippen LogP contribution in [0.5, 0.6) is 5.88 Å². The van der Waals surface area contributed by atoms with Crippen LogP contribution in [-0.4, -0.2) is 70.8 Å². The number of fused-ring (bicyclic) bond motifs is 2. The minimum absolute atomic E-state index is 0.00110. The van der Waals surface area contributed by atoms with Gasteiger partial charge in [0, 0.05) is 53.6 Å². The smallest absolute Gasteiger partial charge is 0.333 e. The first-order chi connectivity index (χ1) is 17.8. The lowest BCUT2D eigenvalue weighted by Crippen LogP contribution is -2.57. The van der Waals surface area contributed by atoms with Gasteiger partial charge in [-0.05, 0) is 12.8 Å². The van der Waals surface area contributed by atoms with Crippen LogP contribution in [-0.2, 0) is 57.0 Å². The maximum Gasteiger partial charge on any atom is 0.333 e. The van der Waals surface area contributed by atoms with Crippen molar-refractivity contribution >= 4 is 23.9 Å². The summed E-state index contributed by atoms with van der Waals surface area (Å²) in [5.74, 6) is -4.80. The second-order valence-electron chi connectivity index (χ2n) is 9.21. The highest BCUT2D eigenvalue weighted by atomic mass is 16.7. The normalized spacial score (nSPS) is 22.4. The number of nitrogens with zero attached hydrogens (tertiary/aromatic N) is 2. The van der Waals surface area contributed by atoms with Crippen LogP contribution in [0.2, 0.25) is 0 Å². The summed E-state index contributed by atoms with van der Waals surface area (Å²) in [6.45, 7) is 4.28. The molecule has 3 heterocycles. The van der Waals surface area contributed by atoms with Crippen molar-refractivity contribution in [1.82, 2.24) is 9.13 Å². The largest absolute Gasteiger partial charge is 0.462 e. The zero-order valence-corrected chi connectivity index (χ0v) is 22.1. The number of carbonyl (C=O) groups excluding carboxylic acids is 4. The summed E-state index contributed by atoms with van der Waals surface area (Å²) in [6, 6.07) is 0. The molecule has 0 bridgehead atoms. The standard InChI is InChI=1S/C24H32N2O12/c1-11(27)34-10-16(35-12(2)28)19(36-13(3)29)20(37-14(4)30)17-15-8-7-9-33-23(15)38-22-18(17)21(31)25(5)24(32)26(22)6/h15-17,19-20,23H,7-10H2,1-6H3/t15-,16-,17-,19-,20-,23+/m0/s1. The predicted octanol–water partition coefficient (Wildman–Crippen LogP) is -0.329. The Morgan fingerprint density at radius 1 is 0.921 bits per heavy atom. The monoisotopic (exact) mass is 540 g/mol. The van der Waals surface area contributed by atoms with Crippen LogP contribution in [0.25, 0.3) is 0 Å². The second-order valence-corrected chi connectivity index (χ2v) is 9.21. The van der Waals surface area contributed by atoms with Gasteiger partial charge < -0.3 is 28.4 Å². The van der Waals surface area contributed by atoms with E-state index in [1.165, 1.54) is 14.1 Å². The zero-order valence-electron chi connectivity index (χ0n) is 22.1. The van der Waals surface area contributed by atoms with Crippen molar-refractivity contribution in [3.8, 4) is 5.88 Å². The van der Waals surface area contributed by atoms with E-state index >= 15 is 0 Å². The Bertz CT molecular complexity index is 1220. The molecule has 0 N–H and O–H groups in total. The lowest BCUT2D eigenvalue weighted by Gasteiger charge is -2.45. The van der Waals surface area contributed by atoms with Crippen LogP contribution in [0, 0.1) is 5.92 Å². The van der Waals surface area contributed by atoms with E-state index in [0.29, 0.717) is 19.4 Å². The molecule has 0 radical (unpaired) electrons. The van der Waals surface area contributed by atoms with Crippen molar-refractivity contribution in [1.29, 1.82) is 0 Å². The van der Waals surface area contributed by atoms with Gasteiger partial charge >= 0.3 is 29.6 Å². The Morgan fingerprint density at radius 2 is 1.55 bits per heavy atom. The van der Waals surface area contributed by atoms with E-state index in [4.69, 9.17) is 28.4 Å². The van der Waals surface area contributed by atoms with Gasteiger partial charge in [-0.15, -0.1) is 0 Å². The number of hydrogen-bond acceptors (Lipinski definition) is 12. The number of hydrogen-bond donors (Lipinski definition) is 0. The van der Waals surface area contributed by atoms with Crippen LogP contribution in [0.4, 0.5) is 0 Å². The van der Waals surface area contributed by atoms with E-state index in [-0.39, 0.29) is 11.4 Å². The molecule has 1 saturated heterocycles. The topological polar surface area (TPSA) is 168 Å². The molecule has 2 aliphatic heterocycles. The third-order valence-corrected chi connectivity index (χ3v) is 6.40. The van der Waals surface area contributed by atoms with Gasteiger partial charge in [-0.25, -0.2) is 4.79 Å². The average molecular weight is 541 g/mol. The molecule has 0 unspecified atom stereocenters. The van der Waals surface area contributed by atoms with E-state index in [2.05, 4.69) is 0 Å². The summed E-state index contributed by atoms with van der Waals surface area (Å²) in [6.07, 6.45) is -4.23. The van der Waals surface area contributed by atoms with Gasteiger partial charge in [-0.2, -0.15) is 0 Å². The van der Waals surface area contributed by atoms with E-state index in [1.54, 1.807) is 0 Å². The predicted molar refractivity (Wildman–Crippen MR) is 126 cm³/mol. The SMILES string of the molecule is CC(=O)OC[C@H](OC(C)=O)[C@H](OC(C)=O)[C@@H](OC(C)=O)[C@@H]1c2c(n(C)c(=O)n(C)c2=O)O[C@H]2OCCC[C@H]21. The fraction of sp³-hybridized carbons (Fsp3) is 0.667. The minimum atomic E-state index is -1.51. The van der Waals surface area contributed by atoms with E-state index in [0.717, 1.165) is 36.8 Å². The molecule has 210 valence electrons. The van der Waals surface area contributed by atoms with Gasteiger partial charge in [0.15, 0.2) is 18.3 Å². The quantitative estimate of drug-likeness (QED) is 0.311. The molecule has 14 heteroatoms. The summed E-state index contributed by atoms with van der Waals surface area (Å²) in [5, 5.41) is 0. The van der Waals surface area contributed by atoms with E-state index in [9.17, 15) is 28.8 Å². The number of ether oxygens (including phenoxy) is 6. The molecular weight excluding hydrogens is 508 g/mol. The zero-order chi connectivity index (χ0) is 28.3. The molecule has 3 rings (SSSR count). The molecule has 1 aromatic rings. The highest BCUT2D eigenvalue weighted by Gasteiger charge is 2.53. The third-order valence-electron chi connectivity index (χ3n) is 6.40. The molecule has 0 spiro atoms. The highest BCUT2D eigenvalue weighted by Crippen LogP contribution is 2.46. The Kier molecular flexibility index (Phi) is 8.97. The van der Waals surface area contributed by atoms with Crippen molar-refractivity contribution in [2.75, 3.05) is 13.2 Å². The van der Waals surface area contributed by atoms with Crippen molar-refractivity contribution in [3.63, 3.8) is 0 Å². The number of aromatic nitrogens is 2. The van der Waals surface area contributed by atoms with Crippen LogP contribution in [0.3, 0.4) is 0 Å². The molecule has 1 fully saturated rings. The number of esters is 4. The fourth-order valence-corrected chi connectivity index (χ4v) is 4.95. The van der Waals surface area contributed by atoms with Gasteiger partial charge in [0.1, 0.15) is 6.61 Å². The molecular formula is C24H32N2O12. The Hall–Kier alpha value is -3.68. The Balaban J connectivity index is 2.29. The Labute approximate surface area is 217 Å². The maximum atomic E-state index is 13.5. The molecule has 0 aliphatic carbocycles. The number of carbonyl (C=O) groups is 4. The van der Waals surface area contributed by atoms with Gasteiger partial charge in [0.05, 0.1) is 12.2 Å². The van der Waals surface area contributed by atoms with Crippen LogP contribution >= 0.6 is 0 Å². The first kappa shape index (κ1) is 28.9. The lowest BCUT2D eigenvalue weighted by molar-refractivity contribution is -0.206. The first-order valence-corrected chi connectivity index (χ1v) is 12.1. The summed E-state index contributed by atoms with van der Waals surface area (Å²) >= 11 is 0. The van der Waals surface area contributed by atoms with Crippen LogP contribution in [0.15, 0.2) is 9.59 Å². The fourth-order valence-electron chi connectivity index (χ4n) is 4.95. The van der Waals surface area contributed by atoms with Crippen LogP contribution in [0.1, 0.15) is 52.0 Å². The van der Waals surface area contributed by atoms with Crippen molar-refractivity contribution in [2.24, 2.45) is 20.0 Å². The first-order valence-electron chi connectivity index (χ1n) is 12.1. The third kappa shape index (κ3) is 6.06. The Morgan fingerprint density at radius 3 is 2.13 bits per heavy atom. The van der Waals surface area contributed by atoms with E-state index in [1.807, 2.05) is 0 Å².